The van der Waals surface area contributed by atoms with E-state index in [0.29, 0.717) is 11.3 Å². The van der Waals surface area contributed by atoms with Gasteiger partial charge in [-0.2, -0.15) is 0 Å². The fraction of sp³-hybridized carbons (Fsp3) is 0.200. The molecule has 0 aliphatic carbocycles. The first-order valence-electron chi connectivity index (χ1n) is 6.51. The van der Waals surface area contributed by atoms with Crippen LogP contribution in [0.25, 0.3) is 0 Å². The van der Waals surface area contributed by atoms with Crippen LogP contribution in [0.1, 0.15) is 5.56 Å². The molecule has 0 bridgehead atoms. The van der Waals surface area contributed by atoms with Gasteiger partial charge in [-0.25, -0.2) is 4.39 Å². The predicted molar refractivity (Wildman–Crippen MR) is 81.3 cm³/mol. The second kappa shape index (κ2) is 6.60. The SMILES string of the molecule is CN(C)c1cccc(OCc2cc(F)cc(B(O)O)c2)c1. The molecule has 0 spiro atoms. The Labute approximate surface area is 123 Å². The van der Waals surface area contributed by atoms with Gasteiger partial charge in [-0.3, -0.25) is 0 Å². The van der Waals surface area contributed by atoms with E-state index in [4.69, 9.17) is 14.8 Å². The van der Waals surface area contributed by atoms with Gasteiger partial charge in [0.05, 0.1) is 0 Å². The lowest BCUT2D eigenvalue weighted by molar-refractivity contribution is 0.305. The van der Waals surface area contributed by atoms with Gasteiger partial charge in [0.15, 0.2) is 0 Å². The molecular formula is C15H17BFNO3. The number of hydrogen-bond donors (Lipinski definition) is 2. The third-order valence-electron chi connectivity index (χ3n) is 3.02. The Bertz CT molecular complexity index is 620. The van der Waals surface area contributed by atoms with Crippen molar-refractivity contribution in [2.45, 2.75) is 6.61 Å². The van der Waals surface area contributed by atoms with Gasteiger partial charge in [-0.15, -0.1) is 0 Å². The van der Waals surface area contributed by atoms with Crippen molar-refractivity contribution in [1.29, 1.82) is 0 Å². The van der Waals surface area contributed by atoms with Gasteiger partial charge in [-0.1, -0.05) is 12.1 Å². The molecule has 6 heteroatoms. The minimum absolute atomic E-state index is 0.107. The Morgan fingerprint density at radius 3 is 2.57 bits per heavy atom. The molecule has 0 unspecified atom stereocenters. The fourth-order valence-electron chi connectivity index (χ4n) is 1.93. The lowest BCUT2D eigenvalue weighted by atomic mass is 9.79. The Morgan fingerprint density at radius 1 is 1.14 bits per heavy atom. The molecule has 0 aliphatic rings. The topological polar surface area (TPSA) is 52.9 Å². The van der Waals surface area contributed by atoms with E-state index >= 15 is 0 Å². The van der Waals surface area contributed by atoms with Crippen LogP contribution in [0.5, 0.6) is 5.75 Å². The van der Waals surface area contributed by atoms with Gasteiger partial charge >= 0.3 is 7.12 Å². The Kier molecular flexibility index (Phi) is 4.83. The summed E-state index contributed by atoms with van der Waals surface area (Å²) in [6.07, 6.45) is 0. The van der Waals surface area contributed by atoms with Gasteiger partial charge in [0, 0.05) is 25.8 Å². The maximum absolute atomic E-state index is 13.4. The molecule has 2 rings (SSSR count). The van der Waals surface area contributed by atoms with Crippen LogP contribution in [0, 0.1) is 5.82 Å². The highest BCUT2D eigenvalue weighted by Gasteiger charge is 2.13. The van der Waals surface area contributed by atoms with Gasteiger partial charge in [0.2, 0.25) is 0 Å². The first kappa shape index (κ1) is 15.3. The smallest absolute Gasteiger partial charge is 0.488 e. The molecule has 0 saturated heterocycles. The van der Waals surface area contributed by atoms with Crippen LogP contribution in [0.4, 0.5) is 10.1 Å². The maximum Gasteiger partial charge on any atom is 0.488 e. The molecule has 0 fully saturated rings. The largest absolute Gasteiger partial charge is 0.489 e. The Hall–Kier alpha value is -2.05. The van der Waals surface area contributed by atoms with Gasteiger partial charge in [-0.05, 0) is 35.3 Å². The summed E-state index contributed by atoms with van der Waals surface area (Å²) in [7, 11) is 2.16. The second-order valence-corrected chi connectivity index (χ2v) is 4.95. The van der Waals surface area contributed by atoms with E-state index in [0.717, 1.165) is 11.8 Å². The minimum Gasteiger partial charge on any atom is -0.489 e. The average molecular weight is 289 g/mol. The summed E-state index contributed by atoms with van der Waals surface area (Å²) in [4.78, 5) is 1.95. The van der Waals surface area contributed by atoms with Crippen molar-refractivity contribution in [3.05, 3.63) is 53.8 Å². The quantitative estimate of drug-likeness (QED) is 0.811. The normalized spacial score (nSPS) is 10.3. The van der Waals surface area contributed by atoms with Gasteiger partial charge in [0.25, 0.3) is 0 Å². The third kappa shape index (κ3) is 4.21. The van der Waals surface area contributed by atoms with Crippen molar-refractivity contribution in [1.82, 2.24) is 0 Å². The summed E-state index contributed by atoms with van der Waals surface area (Å²) in [5, 5.41) is 18.2. The Balaban J connectivity index is 2.11. The summed E-state index contributed by atoms with van der Waals surface area (Å²) in [6.45, 7) is 0.147. The summed E-state index contributed by atoms with van der Waals surface area (Å²) >= 11 is 0. The van der Waals surface area contributed by atoms with Crippen LogP contribution >= 0.6 is 0 Å². The number of anilines is 1. The zero-order chi connectivity index (χ0) is 15.4. The van der Waals surface area contributed by atoms with E-state index in [1.807, 2.05) is 43.3 Å². The van der Waals surface area contributed by atoms with Crippen LogP contribution in [-0.4, -0.2) is 31.3 Å². The molecule has 0 radical (unpaired) electrons. The highest BCUT2D eigenvalue weighted by molar-refractivity contribution is 6.58. The van der Waals surface area contributed by atoms with Crippen LogP contribution in [0.3, 0.4) is 0 Å². The van der Waals surface area contributed by atoms with Gasteiger partial charge < -0.3 is 19.7 Å². The van der Waals surface area contributed by atoms with E-state index in [9.17, 15) is 4.39 Å². The van der Waals surface area contributed by atoms with E-state index in [1.165, 1.54) is 12.1 Å². The molecule has 2 N–H and O–H groups in total. The van der Waals surface area contributed by atoms with Crippen LogP contribution < -0.4 is 15.1 Å². The summed E-state index contributed by atoms with van der Waals surface area (Å²) < 4.78 is 19.0. The van der Waals surface area contributed by atoms with E-state index < -0.39 is 12.9 Å². The highest BCUT2D eigenvalue weighted by Crippen LogP contribution is 2.20. The van der Waals surface area contributed by atoms with E-state index in [2.05, 4.69) is 0 Å². The van der Waals surface area contributed by atoms with Crippen molar-refractivity contribution >= 4 is 18.3 Å². The molecule has 110 valence electrons. The maximum atomic E-state index is 13.4. The van der Waals surface area contributed by atoms with E-state index in [-0.39, 0.29) is 12.1 Å². The molecule has 2 aromatic carbocycles. The molecule has 0 amide bonds. The highest BCUT2D eigenvalue weighted by atomic mass is 19.1. The van der Waals surface area contributed by atoms with Crippen molar-refractivity contribution in [2.24, 2.45) is 0 Å². The number of hydrogen-bond acceptors (Lipinski definition) is 4. The number of ether oxygens (including phenoxy) is 1. The number of halogens is 1. The predicted octanol–water partition coefficient (Wildman–Crippen LogP) is 1.15. The molecule has 0 aromatic heterocycles. The number of nitrogens with zero attached hydrogens (tertiary/aromatic N) is 1. The lowest BCUT2D eigenvalue weighted by Crippen LogP contribution is -2.30. The number of benzene rings is 2. The summed E-state index contributed by atoms with van der Waals surface area (Å²) in [5.41, 5.74) is 1.64. The zero-order valence-corrected chi connectivity index (χ0v) is 12.0. The standard InChI is InChI=1S/C15H17BFNO3/c1-18(2)14-4-3-5-15(9-14)21-10-11-6-12(16(19)20)8-13(17)7-11/h3-9,19-20H,10H2,1-2H3. The van der Waals surface area contributed by atoms with Crippen molar-refractivity contribution < 1.29 is 19.2 Å². The van der Waals surface area contributed by atoms with Crippen molar-refractivity contribution in [3.63, 3.8) is 0 Å². The van der Waals surface area contributed by atoms with Gasteiger partial charge in [0.1, 0.15) is 18.2 Å². The number of rotatable bonds is 5. The molecule has 0 saturated carbocycles. The Morgan fingerprint density at radius 2 is 1.90 bits per heavy atom. The molecule has 2 aromatic rings. The monoisotopic (exact) mass is 289 g/mol. The average Bonchev–Trinajstić information content (AvgIpc) is 2.45. The fourth-order valence-corrected chi connectivity index (χ4v) is 1.93. The van der Waals surface area contributed by atoms with Crippen LogP contribution in [0.15, 0.2) is 42.5 Å². The first-order chi connectivity index (χ1) is 9.95. The first-order valence-corrected chi connectivity index (χ1v) is 6.51. The van der Waals surface area contributed by atoms with Crippen molar-refractivity contribution in [3.8, 4) is 5.75 Å². The molecule has 0 atom stereocenters. The minimum atomic E-state index is -1.70. The van der Waals surface area contributed by atoms with Crippen LogP contribution in [-0.2, 0) is 6.61 Å². The summed E-state index contributed by atoms with van der Waals surface area (Å²) in [5.74, 6) is 0.137. The molecular weight excluding hydrogens is 272 g/mol. The molecule has 4 nitrogen and oxygen atoms in total. The molecule has 0 heterocycles. The molecule has 0 aliphatic heterocycles. The summed E-state index contributed by atoms with van der Waals surface area (Å²) in [6, 6.07) is 11.4. The van der Waals surface area contributed by atoms with Crippen molar-refractivity contribution in [2.75, 3.05) is 19.0 Å². The van der Waals surface area contributed by atoms with Crippen LogP contribution in [0.2, 0.25) is 0 Å². The molecule has 21 heavy (non-hydrogen) atoms. The second-order valence-electron chi connectivity index (χ2n) is 4.95. The zero-order valence-electron chi connectivity index (χ0n) is 12.0. The van der Waals surface area contributed by atoms with E-state index in [1.54, 1.807) is 0 Å². The third-order valence-corrected chi connectivity index (χ3v) is 3.02. The lowest BCUT2D eigenvalue weighted by Gasteiger charge is -2.14.